The predicted molar refractivity (Wildman–Crippen MR) is 106 cm³/mol. The molecule has 0 saturated carbocycles. The number of likely N-dealkylation sites (tertiary alicyclic amines) is 1. The van der Waals surface area contributed by atoms with Crippen LogP contribution >= 0.6 is 34.3 Å². The van der Waals surface area contributed by atoms with E-state index in [2.05, 4.69) is 10.3 Å². The summed E-state index contributed by atoms with van der Waals surface area (Å²) >= 11 is 8.68. The lowest BCUT2D eigenvalue weighted by molar-refractivity contribution is -0.140. The number of nitrogens with one attached hydrogen (secondary N) is 1. The maximum absolute atomic E-state index is 12.4. The van der Waals surface area contributed by atoms with Crippen molar-refractivity contribution < 1.29 is 14.4 Å². The van der Waals surface area contributed by atoms with E-state index in [1.807, 2.05) is 23.6 Å². The van der Waals surface area contributed by atoms with Gasteiger partial charge in [-0.2, -0.15) is 0 Å². The van der Waals surface area contributed by atoms with Crippen molar-refractivity contribution >= 4 is 57.1 Å². The maximum atomic E-state index is 12.4. The van der Waals surface area contributed by atoms with E-state index in [4.69, 9.17) is 11.6 Å². The highest BCUT2D eigenvalue weighted by Crippen LogP contribution is 2.35. The first kappa shape index (κ1) is 18.3. The van der Waals surface area contributed by atoms with Crippen molar-refractivity contribution in [2.75, 3.05) is 11.9 Å². The SMILES string of the molecule is O=C(CCN1C(=O)[C@H]2CC=CC[C@H]2C1=O)Nc1nc(-c2ccc(Cl)s2)cs1. The highest BCUT2D eigenvalue weighted by molar-refractivity contribution is 7.20. The molecule has 3 heterocycles. The molecule has 1 saturated heterocycles. The Hall–Kier alpha value is -2.03. The molecule has 9 heteroatoms. The van der Waals surface area contributed by atoms with Crippen LogP contribution in [0.25, 0.3) is 10.6 Å². The van der Waals surface area contributed by atoms with E-state index < -0.39 is 0 Å². The van der Waals surface area contributed by atoms with E-state index in [1.165, 1.54) is 27.6 Å². The lowest BCUT2D eigenvalue weighted by Crippen LogP contribution is -2.34. The zero-order valence-electron chi connectivity index (χ0n) is 14.2. The molecular formula is C18H16ClN3O3S2. The average Bonchev–Trinajstić information content (AvgIpc) is 3.35. The number of rotatable bonds is 5. The molecule has 0 aromatic carbocycles. The number of hydrogen-bond donors (Lipinski definition) is 1. The molecule has 1 aliphatic heterocycles. The second-order valence-corrected chi connectivity index (χ2v) is 9.00. The fraction of sp³-hybridized carbons (Fsp3) is 0.333. The normalized spacial score (nSPS) is 21.6. The number of aromatic nitrogens is 1. The van der Waals surface area contributed by atoms with Crippen LogP contribution < -0.4 is 5.32 Å². The molecule has 0 radical (unpaired) electrons. The molecule has 3 amide bonds. The Bertz CT molecular complexity index is 910. The van der Waals surface area contributed by atoms with Gasteiger partial charge in [-0.1, -0.05) is 23.8 Å². The Kier molecular flexibility index (Phi) is 5.12. The maximum Gasteiger partial charge on any atom is 0.233 e. The molecule has 1 fully saturated rings. The Balaban J connectivity index is 1.33. The van der Waals surface area contributed by atoms with Crippen molar-refractivity contribution in [3.05, 3.63) is 34.0 Å². The Morgan fingerprint density at radius 2 is 1.93 bits per heavy atom. The summed E-state index contributed by atoms with van der Waals surface area (Å²) in [5.74, 6) is -1.11. The molecule has 6 nitrogen and oxygen atoms in total. The van der Waals surface area contributed by atoms with Crippen LogP contribution in [0.3, 0.4) is 0 Å². The minimum Gasteiger partial charge on any atom is -0.302 e. The lowest BCUT2D eigenvalue weighted by Gasteiger charge is -2.14. The molecule has 0 unspecified atom stereocenters. The second-order valence-electron chi connectivity index (χ2n) is 6.42. The molecule has 27 heavy (non-hydrogen) atoms. The Morgan fingerprint density at radius 3 is 2.56 bits per heavy atom. The van der Waals surface area contributed by atoms with Crippen molar-refractivity contribution in [3.63, 3.8) is 0 Å². The number of thiazole rings is 1. The zero-order chi connectivity index (χ0) is 19.0. The van der Waals surface area contributed by atoms with Gasteiger partial charge in [-0.05, 0) is 25.0 Å². The molecule has 140 valence electrons. The number of imide groups is 1. The zero-order valence-corrected chi connectivity index (χ0v) is 16.6. The third kappa shape index (κ3) is 3.69. The molecule has 2 atom stereocenters. The van der Waals surface area contributed by atoms with Gasteiger partial charge in [0.1, 0.15) is 0 Å². The average molecular weight is 422 g/mol. The number of thiophene rings is 1. The third-order valence-corrected chi connectivity index (χ3v) is 6.75. The number of halogens is 1. The van der Waals surface area contributed by atoms with E-state index in [-0.39, 0.29) is 42.5 Å². The molecule has 2 aliphatic rings. The fourth-order valence-electron chi connectivity index (χ4n) is 3.38. The van der Waals surface area contributed by atoms with Crippen LogP contribution in [0.5, 0.6) is 0 Å². The van der Waals surface area contributed by atoms with Crippen LogP contribution in [0, 0.1) is 11.8 Å². The highest BCUT2D eigenvalue weighted by Gasteiger charge is 2.46. The van der Waals surface area contributed by atoms with Crippen LogP contribution in [0.15, 0.2) is 29.7 Å². The minimum atomic E-state index is -0.270. The summed E-state index contributed by atoms with van der Waals surface area (Å²) in [5, 5.41) is 5.07. The van der Waals surface area contributed by atoms with Crippen molar-refractivity contribution in [3.8, 4) is 10.6 Å². The summed E-state index contributed by atoms with van der Waals surface area (Å²) < 4.78 is 0.680. The molecule has 0 bridgehead atoms. The number of anilines is 1. The summed E-state index contributed by atoms with van der Waals surface area (Å²) in [6, 6.07) is 3.68. The number of carbonyl (C=O) groups is 3. The van der Waals surface area contributed by atoms with Gasteiger partial charge in [-0.25, -0.2) is 4.98 Å². The number of hydrogen-bond acceptors (Lipinski definition) is 6. The van der Waals surface area contributed by atoms with Gasteiger partial charge in [0.15, 0.2) is 5.13 Å². The number of fused-ring (bicyclic) bond motifs is 1. The molecule has 2 aromatic heterocycles. The summed E-state index contributed by atoms with van der Waals surface area (Å²) in [4.78, 5) is 43.6. The first-order valence-corrected chi connectivity index (χ1v) is 10.6. The number of nitrogens with zero attached hydrogens (tertiary/aromatic N) is 2. The van der Waals surface area contributed by atoms with Crippen LogP contribution in [-0.4, -0.2) is 34.2 Å². The second kappa shape index (κ2) is 7.53. The first-order chi connectivity index (χ1) is 13.0. The predicted octanol–water partition coefficient (Wildman–Crippen LogP) is 3.80. The lowest BCUT2D eigenvalue weighted by atomic mass is 9.85. The summed E-state index contributed by atoms with van der Waals surface area (Å²) in [6.07, 6.45) is 5.16. The smallest absolute Gasteiger partial charge is 0.233 e. The van der Waals surface area contributed by atoms with Gasteiger partial charge in [0.05, 0.1) is 26.7 Å². The molecule has 1 N–H and O–H groups in total. The van der Waals surface area contributed by atoms with Gasteiger partial charge < -0.3 is 5.32 Å². The van der Waals surface area contributed by atoms with E-state index in [0.717, 1.165) is 10.6 Å². The van der Waals surface area contributed by atoms with Crippen LogP contribution in [0.1, 0.15) is 19.3 Å². The standard InChI is InChI=1S/C18H16ClN3O3S2/c19-14-6-5-13(27-14)12-9-26-18(20-12)21-15(23)7-8-22-16(24)10-3-1-2-4-11(10)17(22)25/h1-2,5-6,9-11H,3-4,7-8H2,(H,20,21,23)/t10-,11+. The van der Waals surface area contributed by atoms with Crippen LogP contribution in [0.4, 0.5) is 5.13 Å². The quantitative estimate of drug-likeness (QED) is 0.588. The van der Waals surface area contributed by atoms with Gasteiger partial charge in [-0.15, -0.1) is 22.7 Å². The van der Waals surface area contributed by atoms with Gasteiger partial charge in [0.25, 0.3) is 0 Å². The largest absolute Gasteiger partial charge is 0.302 e. The van der Waals surface area contributed by atoms with Gasteiger partial charge in [-0.3, -0.25) is 19.3 Å². The number of allylic oxidation sites excluding steroid dienone is 2. The minimum absolute atomic E-state index is 0.0596. The van der Waals surface area contributed by atoms with Crippen LogP contribution in [0.2, 0.25) is 4.34 Å². The van der Waals surface area contributed by atoms with Gasteiger partial charge >= 0.3 is 0 Å². The van der Waals surface area contributed by atoms with Gasteiger partial charge in [0, 0.05) is 18.3 Å². The Labute approximate surface area is 168 Å². The van der Waals surface area contributed by atoms with Crippen LogP contribution in [-0.2, 0) is 14.4 Å². The van der Waals surface area contributed by atoms with Crippen molar-refractivity contribution in [2.24, 2.45) is 11.8 Å². The fourth-order valence-corrected chi connectivity index (χ4v) is 5.19. The number of carbonyl (C=O) groups excluding carboxylic acids is 3. The molecule has 1 aliphatic carbocycles. The number of amides is 3. The molecule has 2 aromatic rings. The summed E-state index contributed by atoms with van der Waals surface area (Å²) in [5.41, 5.74) is 0.758. The van der Waals surface area contributed by atoms with E-state index in [1.54, 1.807) is 6.07 Å². The monoisotopic (exact) mass is 421 g/mol. The van der Waals surface area contributed by atoms with Crippen molar-refractivity contribution in [2.45, 2.75) is 19.3 Å². The van der Waals surface area contributed by atoms with E-state index in [9.17, 15) is 14.4 Å². The summed E-state index contributed by atoms with van der Waals surface area (Å²) in [7, 11) is 0. The van der Waals surface area contributed by atoms with Crippen molar-refractivity contribution in [1.82, 2.24) is 9.88 Å². The molecular weight excluding hydrogens is 406 g/mol. The van der Waals surface area contributed by atoms with E-state index >= 15 is 0 Å². The first-order valence-electron chi connectivity index (χ1n) is 8.54. The highest BCUT2D eigenvalue weighted by atomic mass is 35.5. The molecule has 4 rings (SSSR count). The Morgan fingerprint density at radius 1 is 1.22 bits per heavy atom. The summed E-state index contributed by atoms with van der Waals surface area (Å²) in [6.45, 7) is 0.106. The van der Waals surface area contributed by atoms with Gasteiger partial charge in [0.2, 0.25) is 17.7 Å². The topological polar surface area (TPSA) is 79.4 Å². The molecule has 0 spiro atoms. The van der Waals surface area contributed by atoms with Crippen molar-refractivity contribution in [1.29, 1.82) is 0 Å². The van der Waals surface area contributed by atoms with E-state index in [0.29, 0.717) is 22.3 Å². The third-order valence-electron chi connectivity index (χ3n) is 4.74.